The molecule has 8 nitrogen and oxygen atoms in total. The molecule has 0 aliphatic carbocycles. The molecule has 1 rings (SSSR count). The molecule has 1 heterocycles. The molecule has 4 N–H and O–H groups in total. The second-order valence-electron chi connectivity index (χ2n) is 3.11. The van der Waals surface area contributed by atoms with E-state index in [9.17, 15) is 13.2 Å². The lowest BCUT2D eigenvalue weighted by molar-refractivity contribution is 0.177. The zero-order chi connectivity index (χ0) is 14.3. The predicted octanol–water partition coefficient (Wildman–Crippen LogP) is -0.595. The number of nitrogens with zero attached hydrogens (tertiary/aromatic N) is 1. The second kappa shape index (κ2) is 6.58. The Morgan fingerprint density at radius 3 is 2.89 bits per heavy atom. The first-order valence-corrected chi connectivity index (χ1v) is 6.49. The molecule has 0 aromatic carbocycles. The van der Waals surface area contributed by atoms with Gasteiger partial charge in [-0.25, -0.2) is 14.5 Å². The number of pyridine rings is 1. The summed E-state index contributed by atoms with van der Waals surface area (Å²) in [5.74, 6) is 5.25. The number of hydrogen-bond donors (Lipinski definition) is 3. The maximum absolute atomic E-state index is 11.5. The van der Waals surface area contributed by atoms with Crippen molar-refractivity contribution >= 4 is 22.1 Å². The van der Waals surface area contributed by atoms with Crippen LogP contribution in [0.15, 0.2) is 18.2 Å². The molecule has 0 atom stereocenters. The van der Waals surface area contributed by atoms with Gasteiger partial charge >= 0.3 is 16.3 Å². The van der Waals surface area contributed by atoms with Crippen LogP contribution in [-0.2, 0) is 14.9 Å². The Hall–Kier alpha value is -2.31. The maximum atomic E-state index is 11.5. The van der Waals surface area contributed by atoms with Crippen molar-refractivity contribution in [2.45, 2.75) is 0 Å². The highest BCUT2D eigenvalue weighted by Crippen LogP contribution is 2.05. The summed E-state index contributed by atoms with van der Waals surface area (Å²) in [5, 5.41) is 0. The average Bonchev–Trinajstić information content (AvgIpc) is 2.35. The highest BCUT2D eigenvalue weighted by Gasteiger charge is 2.14. The van der Waals surface area contributed by atoms with Gasteiger partial charge in [0.1, 0.15) is 11.5 Å². The van der Waals surface area contributed by atoms with Crippen molar-refractivity contribution < 1.29 is 17.9 Å². The molecule has 0 saturated carbocycles. The van der Waals surface area contributed by atoms with Gasteiger partial charge < -0.3 is 10.5 Å². The molecule has 102 valence electrons. The molecule has 1 aromatic rings. The first kappa shape index (κ1) is 14.7. The van der Waals surface area contributed by atoms with E-state index in [1.165, 1.54) is 6.07 Å². The van der Waals surface area contributed by atoms with Crippen LogP contribution in [0.25, 0.3) is 0 Å². The number of nitrogens with one attached hydrogen (secondary N) is 2. The van der Waals surface area contributed by atoms with Crippen molar-refractivity contribution in [3.8, 4) is 11.8 Å². The Labute approximate surface area is 110 Å². The van der Waals surface area contributed by atoms with E-state index in [1.54, 1.807) is 16.9 Å². The number of rotatable bonds is 3. The molecule has 0 unspecified atom stereocenters. The number of ether oxygens (including phenoxy) is 1. The summed E-state index contributed by atoms with van der Waals surface area (Å²) in [7, 11) is -3.05. The summed E-state index contributed by atoms with van der Waals surface area (Å²) in [5.41, 5.74) is 5.56. The van der Waals surface area contributed by atoms with E-state index in [0.29, 0.717) is 5.69 Å². The molecule has 0 saturated heterocycles. The van der Waals surface area contributed by atoms with E-state index in [2.05, 4.69) is 26.3 Å². The zero-order valence-electron chi connectivity index (χ0n) is 10.0. The van der Waals surface area contributed by atoms with Crippen LogP contribution in [0.4, 0.5) is 10.6 Å². The minimum Gasteiger partial charge on any atom is -0.452 e. The number of methoxy groups -OCH3 is 1. The lowest BCUT2D eigenvalue weighted by atomic mass is 10.3. The van der Waals surface area contributed by atoms with Gasteiger partial charge in [0, 0.05) is 0 Å². The molecular weight excluding hydrogens is 272 g/mol. The summed E-state index contributed by atoms with van der Waals surface area (Å²) >= 11 is 0. The smallest absolute Gasteiger partial charge is 0.422 e. The Morgan fingerprint density at radius 2 is 2.26 bits per heavy atom. The Kier molecular flexibility index (Phi) is 5.11. The minimum absolute atomic E-state index is 0.0141. The van der Waals surface area contributed by atoms with E-state index in [-0.39, 0.29) is 12.4 Å². The molecule has 9 heteroatoms. The summed E-state index contributed by atoms with van der Waals surface area (Å²) in [6.07, 6.45) is -1.11. The van der Waals surface area contributed by atoms with Crippen LogP contribution in [0, 0.1) is 11.8 Å². The molecule has 0 aliphatic rings. The largest absolute Gasteiger partial charge is 0.452 e. The molecule has 1 aromatic heterocycles. The van der Waals surface area contributed by atoms with Gasteiger partial charge in [-0.05, 0) is 18.1 Å². The number of amides is 1. The number of hydrogen-bond acceptors (Lipinski definition) is 6. The topological polar surface area (TPSA) is 123 Å². The lowest BCUT2D eigenvalue weighted by Crippen LogP contribution is -2.35. The predicted molar refractivity (Wildman–Crippen MR) is 68.3 cm³/mol. The number of aromatic nitrogens is 1. The van der Waals surface area contributed by atoms with Crippen LogP contribution < -0.4 is 15.2 Å². The van der Waals surface area contributed by atoms with Gasteiger partial charge in [0.05, 0.1) is 13.7 Å². The van der Waals surface area contributed by atoms with Crippen LogP contribution >= 0.6 is 0 Å². The molecular formula is C10H12N4O4S. The Morgan fingerprint density at radius 1 is 1.53 bits per heavy atom. The number of carbonyl (C=O) groups excluding carboxylic acids is 1. The highest BCUT2D eigenvalue weighted by atomic mass is 32.2. The average molecular weight is 284 g/mol. The van der Waals surface area contributed by atoms with Gasteiger partial charge in [-0.1, -0.05) is 12.0 Å². The van der Waals surface area contributed by atoms with Gasteiger partial charge in [0.2, 0.25) is 0 Å². The summed E-state index contributed by atoms with van der Waals surface area (Å²) in [6, 6.07) is 4.56. The first-order chi connectivity index (χ1) is 8.96. The Bertz CT molecular complexity index is 618. The lowest BCUT2D eigenvalue weighted by Gasteiger charge is -2.07. The number of nitrogens with two attached hydrogens (primary N) is 1. The molecule has 0 radical (unpaired) electrons. The van der Waals surface area contributed by atoms with Crippen LogP contribution in [0.3, 0.4) is 0 Å². The van der Waals surface area contributed by atoms with E-state index >= 15 is 0 Å². The third-order valence-corrected chi connectivity index (χ3v) is 2.62. The number of carbonyl (C=O) groups is 1. The summed E-state index contributed by atoms with van der Waals surface area (Å²) in [4.78, 5) is 14.7. The first-order valence-electron chi connectivity index (χ1n) is 5.01. The molecule has 1 amide bonds. The normalized spacial score (nSPS) is 10.0. The van der Waals surface area contributed by atoms with Crippen molar-refractivity contribution in [2.75, 3.05) is 18.4 Å². The molecule has 0 bridgehead atoms. The van der Waals surface area contributed by atoms with E-state index < -0.39 is 16.3 Å². The fraction of sp³-hybridized carbons (Fsp3) is 0.200. The fourth-order valence-electron chi connectivity index (χ4n) is 1.02. The third-order valence-electron chi connectivity index (χ3n) is 1.71. The minimum atomic E-state index is -4.09. The van der Waals surface area contributed by atoms with Gasteiger partial charge in [-0.15, -0.1) is 0 Å². The van der Waals surface area contributed by atoms with Crippen molar-refractivity contribution in [3.63, 3.8) is 0 Å². The maximum Gasteiger partial charge on any atom is 0.422 e. The van der Waals surface area contributed by atoms with E-state index in [0.717, 1.165) is 7.11 Å². The summed E-state index contributed by atoms with van der Waals surface area (Å²) in [6.45, 7) is 0.168. The summed E-state index contributed by atoms with van der Waals surface area (Å²) < 4.78 is 30.8. The van der Waals surface area contributed by atoms with Crippen molar-refractivity contribution in [1.29, 1.82) is 0 Å². The van der Waals surface area contributed by atoms with Crippen molar-refractivity contribution in [1.82, 2.24) is 9.71 Å². The molecule has 0 fully saturated rings. The van der Waals surface area contributed by atoms with Gasteiger partial charge in [-0.3, -0.25) is 4.72 Å². The van der Waals surface area contributed by atoms with Crippen molar-refractivity contribution in [3.05, 3.63) is 23.9 Å². The van der Waals surface area contributed by atoms with Gasteiger partial charge in [0.25, 0.3) is 0 Å². The third kappa shape index (κ3) is 5.24. The zero-order valence-corrected chi connectivity index (χ0v) is 10.8. The van der Waals surface area contributed by atoms with E-state index in [4.69, 9.17) is 5.73 Å². The standard InChI is InChI=1S/C10H12N4O4S/c1-18-10(15)14-19(16,17)13-9-6-2-4-8(12-9)5-3-7-11/h2,4,6H,7,11H2,1H3,(H,12,13)(H,14,15). The van der Waals surface area contributed by atoms with Crippen LogP contribution in [0.1, 0.15) is 5.69 Å². The van der Waals surface area contributed by atoms with Crippen LogP contribution in [0.2, 0.25) is 0 Å². The monoisotopic (exact) mass is 284 g/mol. The van der Waals surface area contributed by atoms with Gasteiger partial charge in [0.15, 0.2) is 0 Å². The van der Waals surface area contributed by atoms with Crippen LogP contribution in [-0.4, -0.2) is 33.1 Å². The van der Waals surface area contributed by atoms with Crippen LogP contribution in [0.5, 0.6) is 0 Å². The second-order valence-corrected chi connectivity index (χ2v) is 4.53. The Balaban J connectivity index is 2.85. The molecule has 19 heavy (non-hydrogen) atoms. The fourth-order valence-corrected chi connectivity index (χ4v) is 1.76. The molecule has 0 spiro atoms. The number of anilines is 1. The molecule has 0 aliphatic heterocycles. The quantitative estimate of drug-likeness (QED) is 0.637. The van der Waals surface area contributed by atoms with Gasteiger partial charge in [-0.2, -0.15) is 8.42 Å². The highest BCUT2D eigenvalue weighted by molar-refractivity contribution is 7.91. The SMILES string of the molecule is COC(=O)NS(=O)(=O)Nc1cccc(C#CCN)n1. The van der Waals surface area contributed by atoms with Crippen molar-refractivity contribution in [2.24, 2.45) is 5.73 Å². The van der Waals surface area contributed by atoms with E-state index in [1.807, 2.05) is 0 Å².